The van der Waals surface area contributed by atoms with E-state index in [1.807, 2.05) is 14.1 Å². The van der Waals surface area contributed by atoms with Crippen LogP contribution in [0, 0.1) is 0 Å². The molecule has 5 heteroatoms. The van der Waals surface area contributed by atoms with Crippen molar-refractivity contribution in [2.24, 2.45) is 0 Å². The molecule has 0 aromatic rings. The number of ether oxygens (including phenoxy) is 1. The molecule has 4 nitrogen and oxygen atoms in total. The van der Waals surface area contributed by atoms with Gasteiger partial charge in [-0.3, -0.25) is 4.48 Å². The van der Waals surface area contributed by atoms with Crippen molar-refractivity contribution >= 4 is 5.97 Å². The monoisotopic (exact) mass is 223 g/mol. The minimum absolute atomic E-state index is 0. The Morgan fingerprint density at radius 2 is 2.00 bits per heavy atom. The lowest BCUT2D eigenvalue weighted by molar-refractivity contribution is -0.907. The highest BCUT2D eigenvalue weighted by Gasteiger charge is 2.16. The Labute approximate surface area is 91.2 Å². The number of aliphatic hydroxyl groups excluding tert-OH is 1. The van der Waals surface area contributed by atoms with E-state index in [2.05, 4.69) is 6.58 Å². The molecule has 0 atom stereocenters. The van der Waals surface area contributed by atoms with Gasteiger partial charge in [-0.15, -0.1) is 0 Å². The van der Waals surface area contributed by atoms with E-state index in [0.717, 1.165) is 0 Å². The largest absolute Gasteiger partial charge is 1.00 e. The minimum Gasteiger partial charge on any atom is -1.00 e. The zero-order valence-corrected chi connectivity index (χ0v) is 9.67. The van der Waals surface area contributed by atoms with Gasteiger partial charge in [0.2, 0.25) is 6.73 Å². The predicted octanol–water partition coefficient (Wildman–Crippen LogP) is -2.86. The van der Waals surface area contributed by atoms with Crippen molar-refractivity contribution in [2.45, 2.75) is 6.92 Å². The summed E-state index contributed by atoms with van der Waals surface area (Å²) < 4.78 is 5.40. The second kappa shape index (κ2) is 6.81. The molecule has 0 aliphatic carbocycles. The summed E-state index contributed by atoms with van der Waals surface area (Å²) >= 11 is 0. The standard InChI is InChI=1S/C9H18NO3.ClH/c1-8(2)9(12)13-7-10(3,4)5-6-11;/h11H,1,5-7H2,2-4H3;1H/q+1;/p-1. The van der Waals surface area contributed by atoms with Crippen molar-refractivity contribution in [1.29, 1.82) is 0 Å². The summed E-state index contributed by atoms with van der Waals surface area (Å²) in [5.74, 6) is -0.385. The van der Waals surface area contributed by atoms with Crippen LogP contribution in [0.2, 0.25) is 0 Å². The Balaban J connectivity index is 0. The maximum absolute atomic E-state index is 11.0. The summed E-state index contributed by atoms with van der Waals surface area (Å²) in [5, 5.41) is 8.70. The van der Waals surface area contributed by atoms with Gasteiger partial charge in [-0.05, 0) is 6.92 Å². The highest BCUT2D eigenvalue weighted by molar-refractivity contribution is 5.86. The average Bonchev–Trinajstić information content (AvgIpc) is 2.00. The number of esters is 1. The zero-order chi connectivity index (χ0) is 10.5. The number of hydrogen-bond acceptors (Lipinski definition) is 3. The molecule has 0 amide bonds. The maximum Gasteiger partial charge on any atom is 0.337 e. The van der Waals surface area contributed by atoms with Gasteiger partial charge in [0.05, 0.1) is 20.7 Å². The molecule has 0 aliphatic heterocycles. The molecule has 0 saturated carbocycles. The van der Waals surface area contributed by atoms with Crippen LogP contribution in [0.4, 0.5) is 0 Å². The predicted molar refractivity (Wildman–Crippen MR) is 49.8 cm³/mol. The number of aliphatic hydroxyl groups is 1. The molecular weight excluding hydrogens is 206 g/mol. The third kappa shape index (κ3) is 6.88. The van der Waals surface area contributed by atoms with Gasteiger partial charge in [0.15, 0.2) is 0 Å². The SMILES string of the molecule is C=C(C)C(=O)OC[N+](C)(C)CCO.[Cl-]. The van der Waals surface area contributed by atoms with Crippen LogP contribution in [0.3, 0.4) is 0 Å². The molecule has 0 fully saturated rings. The molecule has 0 radical (unpaired) electrons. The number of quaternary nitrogens is 1. The zero-order valence-electron chi connectivity index (χ0n) is 8.92. The van der Waals surface area contributed by atoms with E-state index < -0.39 is 0 Å². The van der Waals surface area contributed by atoms with Gasteiger partial charge in [0.25, 0.3) is 0 Å². The van der Waals surface area contributed by atoms with Gasteiger partial charge in [-0.2, -0.15) is 0 Å². The lowest BCUT2D eigenvalue weighted by Gasteiger charge is -2.27. The summed E-state index contributed by atoms with van der Waals surface area (Å²) in [7, 11) is 3.75. The third-order valence-electron chi connectivity index (χ3n) is 1.60. The maximum atomic E-state index is 11.0. The Hall–Kier alpha value is -0.580. The molecule has 1 N–H and O–H groups in total. The molecule has 0 aliphatic rings. The lowest BCUT2D eigenvalue weighted by atomic mass is 10.4. The van der Waals surface area contributed by atoms with Gasteiger partial charge >= 0.3 is 5.97 Å². The second-order valence-corrected chi connectivity index (χ2v) is 3.72. The third-order valence-corrected chi connectivity index (χ3v) is 1.60. The van der Waals surface area contributed by atoms with Crippen molar-refractivity contribution in [3.05, 3.63) is 12.2 Å². The number of carbonyl (C=O) groups is 1. The van der Waals surface area contributed by atoms with E-state index in [1.54, 1.807) is 6.92 Å². The topological polar surface area (TPSA) is 46.5 Å². The normalized spacial score (nSPS) is 10.3. The minimum atomic E-state index is -0.385. The first-order valence-electron chi connectivity index (χ1n) is 4.14. The number of likely N-dealkylation sites (N-methyl/N-ethyl adjacent to an activating group) is 1. The number of carbonyl (C=O) groups excluding carboxylic acids is 1. The van der Waals surface area contributed by atoms with Gasteiger partial charge in [0, 0.05) is 5.57 Å². The van der Waals surface area contributed by atoms with Crippen LogP contribution in [-0.4, -0.2) is 49.5 Å². The van der Waals surface area contributed by atoms with Crippen molar-refractivity contribution < 1.29 is 31.5 Å². The molecular formula is C9H18ClNO3. The van der Waals surface area contributed by atoms with Crippen LogP contribution in [-0.2, 0) is 9.53 Å². The van der Waals surface area contributed by atoms with E-state index in [4.69, 9.17) is 9.84 Å². The van der Waals surface area contributed by atoms with E-state index in [0.29, 0.717) is 16.6 Å². The van der Waals surface area contributed by atoms with E-state index in [-0.39, 0.29) is 31.7 Å². The Bertz CT molecular complexity index is 204. The molecule has 0 aromatic heterocycles. The second-order valence-electron chi connectivity index (χ2n) is 3.72. The average molecular weight is 224 g/mol. The number of rotatable bonds is 5. The molecule has 14 heavy (non-hydrogen) atoms. The first-order valence-corrected chi connectivity index (χ1v) is 4.14. The van der Waals surface area contributed by atoms with Crippen LogP contribution < -0.4 is 12.4 Å². The molecule has 0 bridgehead atoms. The van der Waals surface area contributed by atoms with Crippen molar-refractivity contribution in [2.75, 3.05) is 34.0 Å². The molecule has 84 valence electrons. The Kier molecular flexibility index (Phi) is 7.72. The summed E-state index contributed by atoms with van der Waals surface area (Å²) in [6.45, 7) is 5.97. The fourth-order valence-electron chi connectivity index (χ4n) is 0.692. The Morgan fingerprint density at radius 3 is 2.36 bits per heavy atom. The lowest BCUT2D eigenvalue weighted by Crippen LogP contribution is -3.00. The number of hydrogen-bond donors (Lipinski definition) is 1. The number of nitrogens with zero attached hydrogens (tertiary/aromatic N) is 1. The Morgan fingerprint density at radius 1 is 1.50 bits per heavy atom. The van der Waals surface area contributed by atoms with Gasteiger partial charge in [-0.1, -0.05) is 6.58 Å². The van der Waals surface area contributed by atoms with Gasteiger partial charge in [-0.25, -0.2) is 4.79 Å². The molecule has 0 unspecified atom stereocenters. The highest BCUT2D eigenvalue weighted by Crippen LogP contribution is 1.99. The summed E-state index contributed by atoms with van der Waals surface area (Å²) in [6.07, 6.45) is 0. The summed E-state index contributed by atoms with van der Waals surface area (Å²) in [4.78, 5) is 11.0. The van der Waals surface area contributed by atoms with Gasteiger partial charge < -0.3 is 22.3 Å². The van der Waals surface area contributed by atoms with Crippen LogP contribution in [0.5, 0.6) is 0 Å². The highest BCUT2D eigenvalue weighted by atomic mass is 35.5. The summed E-state index contributed by atoms with van der Waals surface area (Å²) in [5.41, 5.74) is 0.393. The number of halogens is 1. The molecule has 0 rings (SSSR count). The fourth-order valence-corrected chi connectivity index (χ4v) is 0.692. The first-order chi connectivity index (χ1) is 5.89. The van der Waals surface area contributed by atoms with Crippen molar-refractivity contribution in [1.82, 2.24) is 0 Å². The molecule has 0 aromatic carbocycles. The fraction of sp³-hybridized carbons (Fsp3) is 0.667. The quantitative estimate of drug-likeness (QED) is 0.236. The van der Waals surface area contributed by atoms with Crippen LogP contribution in [0.15, 0.2) is 12.2 Å². The van der Waals surface area contributed by atoms with Crippen molar-refractivity contribution in [3.63, 3.8) is 0 Å². The van der Waals surface area contributed by atoms with Crippen LogP contribution >= 0.6 is 0 Å². The van der Waals surface area contributed by atoms with E-state index in [1.165, 1.54) is 0 Å². The van der Waals surface area contributed by atoms with Crippen molar-refractivity contribution in [3.8, 4) is 0 Å². The molecule has 0 spiro atoms. The van der Waals surface area contributed by atoms with Crippen LogP contribution in [0.25, 0.3) is 0 Å². The van der Waals surface area contributed by atoms with Gasteiger partial charge in [0.1, 0.15) is 6.54 Å². The summed E-state index contributed by atoms with van der Waals surface area (Å²) in [6, 6.07) is 0. The van der Waals surface area contributed by atoms with E-state index in [9.17, 15) is 4.79 Å². The first kappa shape index (κ1) is 15.9. The van der Waals surface area contributed by atoms with E-state index >= 15 is 0 Å². The smallest absolute Gasteiger partial charge is 0.337 e. The molecule has 0 heterocycles. The molecule has 0 saturated heterocycles. The van der Waals surface area contributed by atoms with Crippen LogP contribution in [0.1, 0.15) is 6.92 Å².